The van der Waals surface area contributed by atoms with E-state index in [0.29, 0.717) is 13.0 Å². The second-order valence-electron chi connectivity index (χ2n) is 5.67. The van der Waals surface area contributed by atoms with Crippen LogP contribution in [0, 0.1) is 5.92 Å². The molecule has 2 rings (SSSR count). The summed E-state index contributed by atoms with van der Waals surface area (Å²) >= 11 is 2.94. The van der Waals surface area contributed by atoms with Gasteiger partial charge in [0, 0.05) is 19.2 Å². The highest BCUT2D eigenvalue weighted by molar-refractivity contribution is 9.10. The van der Waals surface area contributed by atoms with Gasteiger partial charge >= 0.3 is 12.5 Å². The van der Waals surface area contributed by atoms with Gasteiger partial charge in [-0.15, -0.1) is 13.2 Å². The van der Waals surface area contributed by atoms with Gasteiger partial charge in [0.2, 0.25) is 0 Å². The molecule has 1 unspecified atom stereocenters. The fourth-order valence-electron chi connectivity index (χ4n) is 2.59. The van der Waals surface area contributed by atoms with E-state index >= 15 is 0 Å². The molecule has 0 amide bonds. The summed E-state index contributed by atoms with van der Waals surface area (Å²) in [4.78, 5) is 1.65. The largest absolute Gasteiger partial charge is 0.573 e. The van der Waals surface area contributed by atoms with Crippen molar-refractivity contribution in [3.8, 4) is 11.5 Å². The van der Waals surface area contributed by atoms with Gasteiger partial charge in [-0.25, -0.2) is 0 Å². The summed E-state index contributed by atoms with van der Waals surface area (Å²) in [6.07, 6.45) is -8.48. The molecular weight excluding hydrogens is 420 g/mol. The van der Waals surface area contributed by atoms with Gasteiger partial charge in [0.1, 0.15) is 18.1 Å². The van der Waals surface area contributed by atoms with E-state index < -0.39 is 24.2 Å². The van der Waals surface area contributed by atoms with Crippen LogP contribution in [0.2, 0.25) is 0 Å². The number of alkyl halides is 6. The molecule has 1 atom stereocenters. The molecule has 1 aliphatic rings. The SMILES string of the molecule is FC(F)(F)Oc1cc(OCCN2CCCC(C(F)(F)F)C2)ccc1Br. The number of nitrogens with zero attached hydrogens (tertiary/aromatic N) is 1. The first-order chi connectivity index (χ1) is 11.5. The monoisotopic (exact) mass is 435 g/mol. The number of benzene rings is 1. The molecule has 0 saturated carbocycles. The van der Waals surface area contributed by atoms with Crippen molar-refractivity contribution >= 4 is 15.9 Å². The van der Waals surface area contributed by atoms with E-state index in [-0.39, 0.29) is 36.3 Å². The molecule has 1 fully saturated rings. The van der Waals surface area contributed by atoms with Gasteiger partial charge < -0.3 is 9.47 Å². The summed E-state index contributed by atoms with van der Waals surface area (Å²) in [7, 11) is 0. The molecule has 1 aromatic rings. The molecular formula is C15H16BrF6NO2. The maximum absolute atomic E-state index is 12.8. The summed E-state index contributed by atoms with van der Waals surface area (Å²) in [5.41, 5.74) is 0. The fraction of sp³-hybridized carbons (Fsp3) is 0.600. The molecule has 3 nitrogen and oxygen atoms in total. The van der Waals surface area contributed by atoms with Crippen LogP contribution < -0.4 is 9.47 Å². The van der Waals surface area contributed by atoms with Crippen LogP contribution in [0.5, 0.6) is 11.5 Å². The van der Waals surface area contributed by atoms with Crippen LogP contribution in [0.25, 0.3) is 0 Å². The lowest BCUT2D eigenvalue weighted by molar-refractivity contribution is -0.274. The van der Waals surface area contributed by atoms with Crippen molar-refractivity contribution in [1.82, 2.24) is 4.90 Å². The first kappa shape index (κ1) is 20.2. The molecule has 1 aliphatic heterocycles. The summed E-state index contributed by atoms with van der Waals surface area (Å²) < 4.78 is 84.5. The quantitative estimate of drug-likeness (QED) is 0.607. The van der Waals surface area contributed by atoms with Gasteiger partial charge in [0.05, 0.1) is 10.4 Å². The molecule has 0 bridgehead atoms. The minimum Gasteiger partial charge on any atom is -0.492 e. The van der Waals surface area contributed by atoms with Crippen LogP contribution in [0.4, 0.5) is 26.3 Å². The lowest BCUT2D eigenvalue weighted by Crippen LogP contribution is -2.43. The number of piperidine rings is 1. The first-order valence-electron chi connectivity index (χ1n) is 7.52. The highest BCUT2D eigenvalue weighted by Crippen LogP contribution is 2.34. The van der Waals surface area contributed by atoms with Crippen molar-refractivity contribution in [1.29, 1.82) is 0 Å². The van der Waals surface area contributed by atoms with Crippen molar-refractivity contribution < 1.29 is 35.8 Å². The number of hydrogen-bond acceptors (Lipinski definition) is 3. The van der Waals surface area contributed by atoms with E-state index in [0.717, 1.165) is 6.07 Å². The zero-order valence-electron chi connectivity index (χ0n) is 13.0. The van der Waals surface area contributed by atoms with Crippen molar-refractivity contribution in [2.75, 3.05) is 26.2 Å². The molecule has 0 aromatic heterocycles. The smallest absolute Gasteiger partial charge is 0.492 e. The molecule has 0 radical (unpaired) electrons. The molecule has 0 aliphatic carbocycles. The third-order valence-electron chi connectivity index (χ3n) is 3.77. The summed E-state index contributed by atoms with van der Waals surface area (Å²) in [6, 6.07) is 3.87. The van der Waals surface area contributed by atoms with Gasteiger partial charge in [-0.1, -0.05) is 0 Å². The van der Waals surface area contributed by atoms with Gasteiger partial charge in [0.15, 0.2) is 0 Å². The normalized spacial score (nSPS) is 19.7. The lowest BCUT2D eigenvalue weighted by atomic mass is 9.98. The Balaban J connectivity index is 1.86. The highest BCUT2D eigenvalue weighted by atomic mass is 79.9. The third kappa shape index (κ3) is 6.58. The van der Waals surface area contributed by atoms with E-state index in [1.807, 2.05) is 0 Å². The number of ether oxygens (including phenoxy) is 2. The Labute approximate surface area is 149 Å². The number of likely N-dealkylation sites (tertiary alicyclic amines) is 1. The molecule has 1 saturated heterocycles. The molecule has 1 heterocycles. The second-order valence-corrected chi connectivity index (χ2v) is 6.52. The predicted octanol–water partition coefficient (Wildman–Crippen LogP) is 5.00. The van der Waals surface area contributed by atoms with Crippen molar-refractivity contribution in [3.63, 3.8) is 0 Å². The number of halogens is 7. The van der Waals surface area contributed by atoms with E-state index in [2.05, 4.69) is 20.7 Å². The molecule has 142 valence electrons. The van der Waals surface area contributed by atoms with Crippen molar-refractivity contribution in [2.45, 2.75) is 25.4 Å². The zero-order valence-corrected chi connectivity index (χ0v) is 14.5. The van der Waals surface area contributed by atoms with Crippen LogP contribution in [0.1, 0.15) is 12.8 Å². The van der Waals surface area contributed by atoms with E-state index in [1.54, 1.807) is 4.90 Å². The lowest BCUT2D eigenvalue weighted by Gasteiger charge is -2.33. The Morgan fingerprint density at radius 1 is 1.16 bits per heavy atom. The maximum Gasteiger partial charge on any atom is 0.573 e. The fourth-order valence-corrected chi connectivity index (χ4v) is 2.92. The molecule has 0 spiro atoms. The van der Waals surface area contributed by atoms with Gasteiger partial charge in [0.25, 0.3) is 0 Å². The van der Waals surface area contributed by atoms with Crippen molar-refractivity contribution in [2.24, 2.45) is 5.92 Å². The standard InChI is InChI=1S/C15H16BrF6NO2/c16-12-4-3-11(8-13(12)25-15(20,21)22)24-7-6-23-5-1-2-10(9-23)14(17,18)19/h3-4,8,10H,1-2,5-7,9H2. The van der Waals surface area contributed by atoms with E-state index in [4.69, 9.17) is 4.74 Å². The highest BCUT2D eigenvalue weighted by Gasteiger charge is 2.41. The summed E-state index contributed by atoms with van der Waals surface area (Å²) in [5, 5.41) is 0. The average Bonchev–Trinajstić information content (AvgIpc) is 2.48. The van der Waals surface area contributed by atoms with Gasteiger partial charge in [-0.2, -0.15) is 13.2 Å². The van der Waals surface area contributed by atoms with Crippen LogP contribution in [0.15, 0.2) is 22.7 Å². The van der Waals surface area contributed by atoms with Gasteiger partial charge in [-0.3, -0.25) is 4.90 Å². The Morgan fingerprint density at radius 3 is 2.52 bits per heavy atom. The third-order valence-corrected chi connectivity index (χ3v) is 4.43. The first-order valence-corrected chi connectivity index (χ1v) is 8.31. The van der Waals surface area contributed by atoms with Crippen LogP contribution >= 0.6 is 15.9 Å². The second kappa shape index (κ2) is 8.03. The Bertz CT molecular complexity index is 578. The minimum absolute atomic E-state index is 0.0671. The molecule has 1 aromatic carbocycles. The maximum atomic E-state index is 12.8. The molecule has 25 heavy (non-hydrogen) atoms. The van der Waals surface area contributed by atoms with E-state index in [1.165, 1.54) is 12.1 Å². The van der Waals surface area contributed by atoms with E-state index in [9.17, 15) is 26.3 Å². The molecule has 10 heteroatoms. The average molecular weight is 436 g/mol. The topological polar surface area (TPSA) is 21.7 Å². The van der Waals surface area contributed by atoms with Gasteiger partial charge in [-0.05, 0) is 47.4 Å². The Kier molecular flexibility index (Phi) is 6.47. The van der Waals surface area contributed by atoms with Crippen molar-refractivity contribution in [3.05, 3.63) is 22.7 Å². The van der Waals surface area contributed by atoms with Crippen LogP contribution in [-0.2, 0) is 0 Å². The predicted molar refractivity (Wildman–Crippen MR) is 81.5 cm³/mol. The number of hydrogen-bond donors (Lipinski definition) is 0. The molecule has 0 N–H and O–H groups in total. The van der Waals surface area contributed by atoms with Crippen LogP contribution in [0.3, 0.4) is 0 Å². The Hall–Kier alpha value is -1.16. The van der Waals surface area contributed by atoms with Crippen LogP contribution in [-0.4, -0.2) is 43.7 Å². The minimum atomic E-state index is -4.83. The number of rotatable bonds is 5. The summed E-state index contributed by atoms with van der Waals surface area (Å²) in [6.45, 7) is 0.782. The Morgan fingerprint density at radius 2 is 1.88 bits per heavy atom. The zero-order chi connectivity index (χ0) is 18.7. The summed E-state index contributed by atoms with van der Waals surface area (Å²) in [5.74, 6) is -1.65.